The van der Waals surface area contributed by atoms with Crippen molar-refractivity contribution < 1.29 is 9.18 Å². The van der Waals surface area contributed by atoms with E-state index in [1.165, 1.54) is 23.4 Å². The highest BCUT2D eigenvalue weighted by atomic mass is 35.5. The molecule has 1 fully saturated rings. The first-order chi connectivity index (χ1) is 18.1. The number of rotatable bonds is 7. The predicted octanol–water partition coefficient (Wildman–Crippen LogP) is 4.70. The Morgan fingerprint density at radius 3 is 2.76 bits per heavy atom. The molecule has 0 radical (unpaired) electrons. The van der Waals surface area contributed by atoms with Gasteiger partial charge in [0.15, 0.2) is 0 Å². The van der Waals surface area contributed by atoms with Crippen molar-refractivity contribution in [2.24, 2.45) is 17.5 Å². The number of nitrogens with one attached hydrogen (secondary N) is 1. The molecule has 3 heterocycles. The number of hydrogen-bond donors (Lipinski definition) is 4. The van der Waals surface area contributed by atoms with E-state index in [1.807, 2.05) is 13.1 Å². The van der Waals surface area contributed by atoms with Gasteiger partial charge in [-0.1, -0.05) is 30.1 Å². The molecule has 0 aliphatic carbocycles. The molecule has 4 rings (SSSR count). The predicted molar refractivity (Wildman–Crippen MR) is 149 cm³/mol. The van der Waals surface area contributed by atoms with Crippen LogP contribution in [0.4, 0.5) is 15.9 Å². The molecule has 1 unspecified atom stereocenters. The zero-order chi connectivity index (χ0) is 27.6. The van der Waals surface area contributed by atoms with Gasteiger partial charge in [0, 0.05) is 23.3 Å². The van der Waals surface area contributed by atoms with Gasteiger partial charge in [0.1, 0.15) is 23.1 Å². The van der Waals surface area contributed by atoms with E-state index in [1.54, 1.807) is 30.5 Å². The maximum atomic E-state index is 14.4. The zero-order valence-corrected chi connectivity index (χ0v) is 22.2. The number of allylic oxidation sites excluding steroid dienone is 4. The summed E-state index contributed by atoms with van der Waals surface area (Å²) in [6.07, 6.45) is 7.74. The Bertz CT molecular complexity index is 1450. The quantitative estimate of drug-likeness (QED) is 0.0818. The number of aromatic amines is 1. The molecule has 0 saturated carbocycles. The molecular weight excluding hydrogens is 530 g/mol. The van der Waals surface area contributed by atoms with Crippen molar-refractivity contribution in [2.45, 2.75) is 19.4 Å². The number of hydrazine groups is 1. The number of aldehydes is 1. The summed E-state index contributed by atoms with van der Waals surface area (Å²) in [7, 11) is 1.94. The number of aromatic nitrogens is 3. The van der Waals surface area contributed by atoms with Crippen LogP contribution in [0.15, 0.2) is 65.7 Å². The minimum Gasteiger partial charge on any atom is -0.388 e. The Kier molecular flexibility index (Phi) is 8.05. The lowest BCUT2D eigenvalue weighted by Crippen LogP contribution is -2.26. The molecule has 2 aromatic heterocycles. The Morgan fingerprint density at radius 2 is 2.08 bits per heavy atom. The van der Waals surface area contributed by atoms with E-state index in [4.69, 9.17) is 40.5 Å². The van der Waals surface area contributed by atoms with E-state index >= 15 is 0 Å². The summed E-state index contributed by atoms with van der Waals surface area (Å²) in [5.74, 6) is 6.38. The largest absolute Gasteiger partial charge is 0.388 e. The molecule has 12 heteroatoms. The maximum Gasteiger partial charge on any atom is 0.224 e. The molecule has 0 amide bonds. The Morgan fingerprint density at radius 1 is 1.32 bits per heavy atom. The van der Waals surface area contributed by atoms with Gasteiger partial charge in [-0.3, -0.25) is 9.80 Å². The summed E-state index contributed by atoms with van der Waals surface area (Å²) in [6.45, 7) is 2.08. The van der Waals surface area contributed by atoms with Crippen molar-refractivity contribution >= 4 is 46.6 Å². The standard InChI is InChI=1S/C26H27Cl2FN8O/c1-14-9-22(26-33-12-19(34-26)17-4-6-24(31)35-25(17)29)36(2)21(14)10-15(7-8-38)18-11-16(27)3-5-20(18)37(32)13-23(28)30/h3-8,10-14,22H,9,30,32H2,1-2H3,(H2,31,35)(H,33,34)/b15-7+,21-10-,23-13-/t14-,22?/m1/s1. The number of imidazole rings is 1. The summed E-state index contributed by atoms with van der Waals surface area (Å²) in [5, 5.41) is 1.73. The SMILES string of the molecule is C[C@@H]1CC(c2ncc(-c3ccc(N)nc3F)[nH]2)N(C)/C1=C\C(=C/C=O)c1cc(Cl)ccc1N(N)/C=C(\N)Cl. The second kappa shape index (κ2) is 11.3. The number of hydrogen-bond acceptors (Lipinski definition) is 8. The summed E-state index contributed by atoms with van der Waals surface area (Å²) in [6, 6.07) is 8.09. The number of likely N-dealkylation sites (tertiary alicyclic amines) is 1. The van der Waals surface area contributed by atoms with Gasteiger partial charge >= 0.3 is 0 Å². The topological polar surface area (TPSA) is 143 Å². The normalized spacial score (nSPS) is 19.3. The Balaban J connectivity index is 1.69. The van der Waals surface area contributed by atoms with Gasteiger partial charge in [0.2, 0.25) is 5.95 Å². The van der Waals surface area contributed by atoms with Gasteiger partial charge in [-0.05, 0) is 60.4 Å². The molecule has 0 bridgehead atoms. The number of H-pyrrole nitrogens is 1. The van der Waals surface area contributed by atoms with Crippen LogP contribution in [0.3, 0.4) is 0 Å². The second-order valence-corrected chi connectivity index (χ2v) is 9.80. The number of carbonyl (C=O) groups excluding carboxylic acids is 1. The molecular formula is C26H27Cl2FN8O. The third-order valence-electron chi connectivity index (χ3n) is 6.39. The lowest BCUT2D eigenvalue weighted by Gasteiger charge is -2.23. The number of halogens is 3. The third kappa shape index (κ3) is 5.67. The smallest absolute Gasteiger partial charge is 0.224 e. The Labute approximate surface area is 229 Å². The molecule has 1 saturated heterocycles. The van der Waals surface area contributed by atoms with E-state index in [9.17, 15) is 9.18 Å². The van der Waals surface area contributed by atoms with Crippen LogP contribution in [0.5, 0.6) is 0 Å². The van der Waals surface area contributed by atoms with Crippen LogP contribution >= 0.6 is 23.2 Å². The van der Waals surface area contributed by atoms with Gasteiger partial charge < -0.3 is 21.4 Å². The van der Waals surface area contributed by atoms with Gasteiger partial charge in [-0.15, -0.1) is 0 Å². The molecule has 2 atom stereocenters. The van der Waals surface area contributed by atoms with E-state index < -0.39 is 5.95 Å². The summed E-state index contributed by atoms with van der Waals surface area (Å²) >= 11 is 12.1. The number of carbonyl (C=O) groups is 1. The number of benzene rings is 1. The zero-order valence-electron chi connectivity index (χ0n) is 20.7. The van der Waals surface area contributed by atoms with Crippen LogP contribution in [-0.4, -0.2) is 33.2 Å². The van der Waals surface area contributed by atoms with E-state index in [0.717, 1.165) is 12.1 Å². The van der Waals surface area contributed by atoms with Crippen molar-refractivity contribution in [3.05, 3.63) is 88.1 Å². The van der Waals surface area contributed by atoms with Gasteiger partial charge in [-0.2, -0.15) is 4.39 Å². The van der Waals surface area contributed by atoms with Crippen LogP contribution in [0.1, 0.15) is 30.8 Å². The minimum atomic E-state index is -0.672. The first-order valence-electron chi connectivity index (χ1n) is 11.6. The lowest BCUT2D eigenvalue weighted by molar-refractivity contribution is -0.104. The van der Waals surface area contributed by atoms with Crippen molar-refractivity contribution in [2.75, 3.05) is 17.8 Å². The van der Waals surface area contributed by atoms with Crippen molar-refractivity contribution in [1.82, 2.24) is 19.9 Å². The fourth-order valence-electron chi connectivity index (χ4n) is 4.59. The van der Waals surface area contributed by atoms with Crippen LogP contribution in [0.25, 0.3) is 16.8 Å². The monoisotopic (exact) mass is 556 g/mol. The van der Waals surface area contributed by atoms with Gasteiger partial charge in [0.05, 0.1) is 35.4 Å². The average Bonchev–Trinajstić information content (AvgIpc) is 3.43. The molecule has 1 aromatic carbocycles. The number of nitrogens with zero attached hydrogens (tertiary/aromatic N) is 4. The third-order valence-corrected chi connectivity index (χ3v) is 6.72. The lowest BCUT2D eigenvalue weighted by atomic mass is 9.98. The van der Waals surface area contributed by atoms with Crippen molar-refractivity contribution in [3.8, 4) is 11.3 Å². The molecule has 3 aromatic rings. The fourth-order valence-corrected chi connectivity index (χ4v) is 4.87. The molecule has 1 aliphatic heterocycles. The van der Waals surface area contributed by atoms with Crippen molar-refractivity contribution in [1.29, 1.82) is 0 Å². The Hall–Kier alpha value is -3.86. The fraction of sp³-hybridized carbons (Fsp3) is 0.192. The highest BCUT2D eigenvalue weighted by molar-refractivity contribution is 6.31. The first kappa shape index (κ1) is 27.2. The van der Waals surface area contributed by atoms with Crippen LogP contribution < -0.4 is 22.3 Å². The van der Waals surface area contributed by atoms with E-state index in [2.05, 4.69) is 26.8 Å². The number of nitrogens with two attached hydrogens (primary N) is 3. The molecule has 38 heavy (non-hydrogen) atoms. The molecule has 0 spiro atoms. The highest BCUT2D eigenvalue weighted by Crippen LogP contribution is 2.42. The van der Waals surface area contributed by atoms with Gasteiger partial charge in [0.25, 0.3) is 0 Å². The second-order valence-electron chi connectivity index (χ2n) is 8.93. The van der Waals surface area contributed by atoms with Crippen LogP contribution in [-0.2, 0) is 4.79 Å². The number of pyridine rings is 1. The average molecular weight is 557 g/mol. The summed E-state index contributed by atoms with van der Waals surface area (Å²) in [4.78, 5) is 25.1. The number of nitrogen functional groups attached to an aromatic ring is 1. The molecule has 9 nitrogen and oxygen atoms in total. The maximum absolute atomic E-state index is 14.4. The van der Waals surface area contributed by atoms with E-state index in [-0.39, 0.29) is 28.5 Å². The molecule has 7 N–H and O–H groups in total. The highest BCUT2D eigenvalue weighted by Gasteiger charge is 2.34. The summed E-state index contributed by atoms with van der Waals surface area (Å²) < 4.78 is 14.4. The van der Waals surface area contributed by atoms with E-state index in [0.29, 0.717) is 39.7 Å². The van der Waals surface area contributed by atoms with Crippen LogP contribution in [0, 0.1) is 11.9 Å². The molecule has 198 valence electrons. The minimum absolute atomic E-state index is 0.00730. The van der Waals surface area contributed by atoms with Crippen molar-refractivity contribution in [3.63, 3.8) is 0 Å². The van der Waals surface area contributed by atoms with Crippen LogP contribution in [0.2, 0.25) is 5.02 Å². The molecule has 1 aliphatic rings. The van der Waals surface area contributed by atoms with Gasteiger partial charge in [-0.25, -0.2) is 15.8 Å². The first-order valence-corrected chi connectivity index (χ1v) is 12.4. The number of anilines is 2. The summed E-state index contributed by atoms with van der Waals surface area (Å²) in [5.41, 5.74) is 14.7.